The molecule has 5 nitrogen and oxygen atoms in total. The van der Waals surface area contributed by atoms with Gasteiger partial charge in [-0.15, -0.1) is 0 Å². The van der Waals surface area contributed by atoms with Gasteiger partial charge >= 0.3 is 0 Å². The number of aryl methyl sites for hydroxylation is 1. The third-order valence-electron chi connectivity index (χ3n) is 3.68. The number of rotatable bonds is 6. The van der Waals surface area contributed by atoms with Crippen LogP contribution in [0, 0.1) is 5.92 Å². The number of hydrogen-bond donors (Lipinski definition) is 2. The first-order valence-corrected chi connectivity index (χ1v) is 7.15. The van der Waals surface area contributed by atoms with E-state index in [0.717, 1.165) is 37.1 Å². The largest absolute Gasteiger partial charge is 0.355 e. The van der Waals surface area contributed by atoms with Crippen molar-refractivity contribution in [1.82, 2.24) is 20.4 Å². The molecule has 3 rings (SSSR count). The number of para-hydroxylation sites is 1. The first kappa shape index (κ1) is 13.1. The maximum atomic E-state index is 11.5. The van der Waals surface area contributed by atoms with E-state index in [9.17, 15) is 4.79 Å². The Morgan fingerprint density at radius 2 is 2.15 bits per heavy atom. The monoisotopic (exact) mass is 272 g/mol. The van der Waals surface area contributed by atoms with Crippen LogP contribution in [0.25, 0.3) is 10.9 Å². The summed E-state index contributed by atoms with van der Waals surface area (Å²) in [4.78, 5) is 11.5. The zero-order valence-electron chi connectivity index (χ0n) is 11.7. The second kappa shape index (κ2) is 5.63. The number of benzene rings is 1. The lowest BCUT2D eigenvalue weighted by molar-refractivity contribution is -0.122. The molecule has 0 aliphatic heterocycles. The summed E-state index contributed by atoms with van der Waals surface area (Å²) in [6, 6.07) is 8.22. The molecule has 1 aliphatic rings. The first-order chi connectivity index (χ1) is 9.75. The van der Waals surface area contributed by atoms with Crippen LogP contribution in [0.4, 0.5) is 0 Å². The lowest BCUT2D eigenvalue weighted by Gasteiger charge is -2.05. The van der Waals surface area contributed by atoms with Crippen molar-refractivity contribution in [2.45, 2.75) is 19.4 Å². The fourth-order valence-corrected chi connectivity index (χ4v) is 2.39. The van der Waals surface area contributed by atoms with Crippen LogP contribution in [-0.4, -0.2) is 28.8 Å². The van der Waals surface area contributed by atoms with Crippen LogP contribution in [0.3, 0.4) is 0 Å². The molecule has 1 aliphatic carbocycles. The van der Waals surface area contributed by atoms with E-state index in [1.165, 1.54) is 5.39 Å². The summed E-state index contributed by atoms with van der Waals surface area (Å²) in [7, 11) is 1.96. The van der Waals surface area contributed by atoms with Gasteiger partial charge in [-0.3, -0.25) is 9.48 Å². The van der Waals surface area contributed by atoms with Crippen molar-refractivity contribution in [1.29, 1.82) is 0 Å². The minimum absolute atomic E-state index is 0.204. The molecular formula is C15H20N4O. The first-order valence-electron chi connectivity index (χ1n) is 7.15. The lowest BCUT2D eigenvalue weighted by Crippen LogP contribution is -2.32. The van der Waals surface area contributed by atoms with Crippen LogP contribution < -0.4 is 10.6 Å². The average Bonchev–Trinajstić information content (AvgIpc) is 3.26. The predicted octanol–water partition coefficient (Wildman–Crippen LogP) is 1.19. The van der Waals surface area contributed by atoms with Crippen LogP contribution in [0.1, 0.15) is 18.5 Å². The molecule has 0 radical (unpaired) electrons. The van der Waals surface area contributed by atoms with E-state index in [-0.39, 0.29) is 11.8 Å². The molecule has 0 unspecified atom stereocenters. The van der Waals surface area contributed by atoms with Gasteiger partial charge in [0.1, 0.15) is 0 Å². The van der Waals surface area contributed by atoms with Crippen molar-refractivity contribution in [3.8, 4) is 0 Å². The summed E-state index contributed by atoms with van der Waals surface area (Å²) in [6.07, 6.45) is 2.11. The molecule has 1 amide bonds. The van der Waals surface area contributed by atoms with Gasteiger partial charge in [0, 0.05) is 38.0 Å². The van der Waals surface area contributed by atoms with Crippen molar-refractivity contribution in [3.05, 3.63) is 30.0 Å². The molecule has 20 heavy (non-hydrogen) atoms. The van der Waals surface area contributed by atoms with E-state index in [0.29, 0.717) is 6.54 Å². The van der Waals surface area contributed by atoms with Gasteiger partial charge < -0.3 is 10.6 Å². The Bertz CT molecular complexity index is 615. The Morgan fingerprint density at radius 1 is 1.35 bits per heavy atom. The van der Waals surface area contributed by atoms with Gasteiger partial charge in [-0.05, 0) is 18.9 Å². The summed E-state index contributed by atoms with van der Waals surface area (Å²) < 4.78 is 1.90. The zero-order chi connectivity index (χ0) is 13.9. The highest BCUT2D eigenvalue weighted by atomic mass is 16.2. The molecule has 2 N–H and O–H groups in total. The average molecular weight is 272 g/mol. The smallest absolute Gasteiger partial charge is 0.223 e. The minimum Gasteiger partial charge on any atom is -0.355 e. The van der Waals surface area contributed by atoms with E-state index in [1.807, 2.05) is 23.9 Å². The Morgan fingerprint density at radius 3 is 2.95 bits per heavy atom. The van der Waals surface area contributed by atoms with Gasteiger partial charge in [0.25, 0.3) is 0 Å². The third-order valence-corrected chi connectivity index (χ3v) is 3.68. The molecular weight excluding hydrogens is 252 g/mol. The molecule has 1 saturated carbocycles. The van der Waals surface area contributed by atoms with E-state index >= 15 is 0 Å². The fourth-order valence-electron chi connectivity index (χ4n) is 2.39. The maximum absolute atomic E-state index is 11.5. The van der Waals surface area contributed by atoms with Crippen molar-refractivity contribution < 1.29 is 4.79 Å². The number of nitrogens with zero attached hydrogens (tertiary/aromatic N) is 2. The SMILES string of the molecule is Cn1nc(CNCCNC(=O)C2CC2)c2ccccc21. The molecule has 1 fully saturated rings. The number of hydrogen-bond acceptors (Lipinski definition) is 3. The highest BCUT2D eigenvalue weighted by Gasteiger charge is 2.28. The predicted molar refractivity (Wildman–Crippen MR) is 78.2 cm³/mol. The van der Waals surface area contributed by atoms with Gasteiger partial charge in [-0.1, -0.05) is 18.2 Å². The van der Waals surface area contributed by atoms with E-state index in [1.54, 1.807) is 0 Å². The number of fused-ring (bicyclic) bond motifs is 1. The van der Waals surface area contributed by atoms with Gasteiger partial charge in [0.05, 0.1) is 11.2 Å². The van der Waals surface area contributed by atoms with Crippen LogP contribution in [-0.2, 0) is 18.4 Å². The van der Waals surface area contributed by atoms with Crippen molar-refractivity contribution in [3.63, 3.8) is 0 Å². The minimum atomic E-state index is 0.204. The summed E-state index contributed by atoms with van der Waals surface area (Å²) in [5, 5.41) is 12.0. The van der Waals surface area contributed by atoms with Crippen LogP contribution >= 0.6 is 0 Å². The van der Waals surface area contributed by atoms with E-state index in [2.05, 4.69) is 27.9 Å². The Labute approximate surface area is 118 Å². The highest BCUT2D eigenvalue weighted by molar-refractivity contribution is 5.82. The molecule has 2 aromatic rings. The zero-order valence-corrected chi connectivity index (χ0v) is 11.7. The Balaban J connectivity index is 1.48. The second-order valence-electron chi connectivity index (χ2n) is 5.33. The van der Waals surface area contributed by atoms with Crippen molar-refractivity contribution in [2.75, 3.05) is 13.1 Å². The summed E-state index contributed by atoms with van der Waals surface area (Å²) >= 11 is 0. The standard InChI is InChI=1S/C15H20N4O/c1-19-14-5-3-2-4-12(14)13(18-19)10-16-8-9-17-15(20)11-6-7-11/h2-5,11,16H,6-10H2,1H3,(H,17,20). The molecule has 5 heteroatoms. The Kier molecular flexibility index (Phi) is 3.69. The van der Waals surface area contributed by atoms with Gasteiger partial charge in [-0.2, -0.15) is 5.10 Å². The Hall–Kier alpha value is -1.88. The summed E-state index contributed by atoms with van der Waals surface area (Å²) in [5.41, 5.74) is 2.20. The number of amides is 1. The maximum Gasteiger partial charge on any atom is 0.223 e. The molecule has 0 saturated heterocycles. The highest BCUT2D eigenvalue weighted by Crippen LogP contribution is 2.28. The number of carbonyl (C=O) groups is 1. The quantitative estimate of drug-likeness (QED) is 0.777. The molecule has 0 spiro atoms. The fraction of sp³-hybridized carbons (Fsp3) is 0.467. The molecule has 106 valence electrons. The van der Waals surface area contributed by atoms with Gasteiger partial charge in [0.2, 0.25) is 5.91 Å². The normalized spacial score (nSPS) is 14.7. The van der Waals surface area contributed by atoms with Gasteiger partial charge in [0.15, 0.2) is 0 Å². The molecule has 1 aromatic heterocycles. The number of nitrogens with one attached hydrogen (secondary N) is 2. The van der Waals surface area contributed by atoms with Crippen molar-refractivity contribution in [2.24, 2.45) is 13.0 Å². The third kappa shape index (κ3) is 2.82. The molecule has 1 aromatic carbocycles. The van der Waals surface area contributed by atoms with E-state index < -0.39 is 0 Å². The van der Waals surface area contributed by atoms with Crippen LogP contribution in [0.5, 0.6) is 0 Å². The van der Waals surface area contributed by atoms with Crippen LogP contribution in [0.2, 0.25) is 0 Å². The topological polar surface area (TPSA) is 59.0 Å². The van der Waals surface area contributed by atoms with E-state index in [4.69, 9.17) is 0 Å². The summed E-state index contributed by atoms with van der Waals surface area (Å²) in [6.45, 7) is 2.17. The number of aromatic nitrogens is 2. The number of carbonyl (C=O) groups excluding carboxylic acids is 1. The van der Waals surface area contributed by atoms with Gasteiger partial charge in [-0.25, -0.2) is 0 Å². The summed E-state index contributed by atoms with van der Waals surface area (Å²) in [5.74, 6) is 0.491. The molecule has 1 heterocycles. The van der Waals surface area contributed by atoms with Crippen LogP contribution in [0.15, 0.2) is 24.3 Å². The second-order valence-corrected chi connectivity index (χ2v) is 5.33. The lowest BCUT2D eigenvalue weighted by atomic mass is 10.2. The molecule has 0 bridgehead atoms. The molecule has 0 atom stereocenters. The van der Waals surface area contributed by atoms with Crippen molar-refractivity contribution >= 4 is 16.8 Å².